The van der Waals surface area contributed by atoms with E-state index in [0.717, 1.165) is 6.92 Å². The van der Waals surface area contributed by atoms with E-state index in [9.17, 15) is 19.8 Å². The summed E-state index contributed by atoms with van der Waals surface area (Å²) in [5.41, 5.74) is 0. The topological polar surface area (TPSA) is 113 Å². The van der Waals surface area contributed by atoms with Crippen LogP contribution in [0.25, 0.3) is 0 Å². The molecule has 1 rings (SSSR count). The van der Waals surface area contributed by atoms with E-state index < -0.39 is 36.4 Å². The predicted octanol–water partition coefficient (Wildman–Crippen LogP) is -1.53. The first-order valence-electron chi connectivity index (χ1n) is 4.30. The Balaban J connectivity index is 2.62. The van der Waals surface area contributed by atoms with Crippen LogP contribution in [0.1, 0.15) is 13.3 Å². The van der Waals surface area contributed by atoms with Crippen molar-refractivity contribution in [1.29, 1.82) is 0 Å². The van der Waals surface area contributed by atoms with Crippen LogP contribution in [-0.4, -0.2) is 51.9 Å². The Labute approximate surface area is 85.2 Å². The fourth-order valence-corrected chi connectivity index (χ4v) is 1.28. The van der Waals surface area contributed by atoms with Crippen molar-refractivity contribution in [2.75, 3.05) is 6.61 Å². The maximum absolute atomic E-state index is 10.6. The molecule has 3 atom stereocenters. The minimum Gasteiger partial charge on any atom is -0.477 e. The number of hydrogen-bond donors (Lipinski definition) is 3. The average Bonchev–Trinajstić information content (AvgIpc) is 2.09. The van der Waals surface area contributed by atoms with Crippen LogP contribution in [0.2, 0.25) is 0 Å². The van der Waals surface area contributed by atoms with E-state index in [1.807, 2.05) is 0 Å². The monoisotopic (exact) mass is 220 g/mol. The van der Waals surface area contributed by atoms with Crippen molar-refractivity contribution in [1.82, 2.24) is 0 Å². The second-order valence-electron chi connectivity index (χ2n) is 3.32. The maximum atomic E-state index is 10.6. The lowest BCUT2D eigenvalue weighted by molar-refractivity contribution is -0.270. The van der Waals surface area contributed by atoms with Gasteiger partial charge in [0.2, 0.25) is 0 Å². The molecule has 15 heavy (non-hydrogen) atoms. The van der Waals surface area contributed by atoms with E-state index in [2.05, 4.69) is 9.47 Å². The number of carbonyl (C=O) groups is 2. The highest BCUT2D eigenvalue weighted by Gasteiger charge is 2.47. The number of ether oxygens (including phenoxy) is 2. The molecule has 1 aliphatic heterocycles. The molecular weight excluding hydrogens is 208 g/mol. The van der Waals surface area contributed by atoms with Gasteiger partial charge in [-0.3, -0.25) is 4.79 Å². The fraction of sp³-hybridized carbons (Fsp3) is 0.750. The molecule has 0 saturated carbocycles. The summed E-state index contributed by atoms with van der Waals surface area (Å²) in [6.45, 7) is 0.800. The number of aliphatic hydroxyl groups excluding tert-OH is 1. The Bertz CT molecular complexity index is 276. The molecule has 7 heteroatoms. The van der Waals surface area contributed by atoms with Gasteiger partial charge in [0.15, 0.2) is 6.10 Å². The summed E-state index contributed by atoms with van der Waals surface area (Å²) >= 11 is 0. The second kappa shape index (κ2) is 4.13. The Morgan fingerprint density at radius 1 is 1.53 bits per heavy atom. The molecule has 1 aliphatic rings. The summed E-state index contributed by atoms with van der Waals surface area (Å²) in [7, 11) is 0. The molecule has 0 bridgehead atoms. The van der Waals surface area contributed by atoms with Crippen LogP contribution in [0, 0.1) is 0 Å². The first-order valence-corrected chi connectivity index (χ1v) is 4.30. The van der Waals surface area contributed by atoms with E-state index in [4.69, 9.17) is 5.11 Å². The fourth-order valence-electron chi connectivity index (χ4n) is 1.28. The smallest absolute Gasteiger partial charge is 0.364 e. The molecule has 0 spiro atoms. The molecule has 1 heterocycles. The predicted molar refractivity (Wildman–Crippen MR) is 44.7 cm³/mol. The number of aliphatic hydroxyl groups is 2. The zero-order valence-corrected chi connectivity index (χ0v) is 8.04. The van der Waals surface area contributed by atoms with Crippen molar-refractivity contribution in [2.24, 2.45) is 0 Å². The van der Waals surface area contributed by atoms with Crippen molar-refractivity contribution in [3.8, 4) is 0 Å². The van der Waals surface area contributed by atoms with Crippen molar-refractivity contribution in [3.63, 3.8) is 0 Å². The molecular formula is C8H12O7. The highest BCUT2D eigenvalue weighted by Crippen LogP contribution is 2.24. The summed E-state index contributed by atoms with van der Waals surface area (Å²) in [4.78, 5) is 21.1. The molecule has 0 aliphatic carbocycles. The highest BCUT2D eigenvalue weighted by atomic mass is 16.7. The standard InChI is InChI=1S/C8H12O7/c1-4(9)15-6-3-14-8(13,7(11)12)2-5(6)10/h5-6,10,13H,2-3H2,1H3,(H,11,12)/t5-,6-,8?/m0/s1. The van der Waals surface area contributed by atoms with Gasteiger partial charge in [-0.15, -0.1) is 0 Å². The van der Waals surface area contributed by atoms with Gasteiger partial charge in [-0.1, -0.05) is 0 Å². The third kappa shape index (κ3) is 2.65. The lowest BCUT2D eigenvalue weighted by atomic mass is 10.0. The third-order valence-corrected chi connectivity index (χ3v) is 2.05. The number of carboxylic acid groups (broad SMARTS) is 1. The van der Waals surface area contributed by atoms with Gasteiger partial charge in [-0.25, -0.2) is 4.79 Å². The number of rotatable bonds is 2. The SMILES string of the molecule is CC(=O)O[C@H]1COC(O)(C(=O)O)C[C@@H]1O. The quantitative estimate of drug-likeness (QED) is 0.484. The van der Waals surface area contributed by atoms with E-state index >= 15 is 0 Å². The van der Waals surface area contributed by atoms with Gasteiger partial charge in [0, 0.05) is 13.3 Å². The lowest BCUT2D eigenvalue weighted by Crippen LogP contribution is -2.54. The molecule has 0 amide bonds. The van der Waals surface area contributed by atoms with Crippen LogP contribution in [0.5, 0.6) is 0 Å². The van der Waals surface area contributed by atoms with Gasteiger partial charge < -0.3 is 24.8 Å². The summed E-state index contributed by atoms with van der Waals surface area (Å²) in [5.74, 6) is -4.60. The van der Waals surface area contributed by atoms with Crippen LogP contribution in [0.3, 0.4) is 0 Å². The van der Waals surface area contributed by atoms with Crippen LogP contribution in [-0.2, 0) is 19.1 Å². The van der Waals surface area contributed by atoms with Gasteiger partial charge in [0.1, 0.15) is 0 Å². The molecule has 1 fully saturated rings. The molecule has 0 aromatic rings. The molecule has 0 aromatic carbocycles. The van der Waals surface area contributed by atoms with Crippen LogP contribution >= 0.6 is 0 Å². The summed E-state index contributed by atoms with van der Waals surface area (Å²) in [5, 5.41) is 27.4. The summed E-state index contributed by atoms with van der Waals surface area (Å²) in [6.07, 6.45) is -2.74. The molecule has 3 N–H and O–H groups in total. The Kier molecular flexibility index (Phi) is 3.28. The average molecular weight is 220 g/mol. The molecule has 0 radical (unpaired) electrons. The normalized spacial score (nSPS) is 35.9. The number of carbonyl (C=O) groups excluding carboxylic acids is 1. The van der Waals surface area contributed by atoms with Crippen molar-refractivity contribution < 1.29 is 34.4 Å². The summed E-state index contributed by atoms with van der Waals surface area (Å²) < 4.78 is 9.29. The Hall–Kier alpha value is -1.18. The molecule has 86 valence electrons. The van der Waals surface area contributed by atoms with Gasteiger partial charge in [0.25, 0.3) is 5.79 Å². The zero-order chi connectivity index (χ0) is 11.6. The second-order valence-corrected chi connectivity index (χ2v) is 3.32. The van der Waals surface area contributed by atoms with Gasteiger partial charge in [-0.2, -0.15) is 0 Å². The van der Waals surface area contributed by atoms with E-state index in [0.29, 0.717) is 0 Å². The minimum atomic E-state index is -2.41. The van der Waals surface area contributed by atoms with E-state index in [1.165, 1.54) is 0 Å². The Morgan fingerprint density at radius 2 is 2.13 bits per heavy atom. The molecule has 0 aromatic heterocycles. The van der Waals surface area contributed by atoms with Gasteiger partial charge >= 0.3 is 11.9 Å². The minimum absolute atomic E-state index is 0.358. The van der Waals surface area contributed by atoms with E-state index in [1.54, 1.807) is 0 Å². The molecule has 7 nitrogen and oxygen atoms in total. The maximum Gasteiger partial charge on any atom is 0.364 e. The lowest BCUT2D eigenvalue weighted by Gasteiger charge is -2.35. The highest BCUT2D eigenvalue weighted by molar-refractivity contribution is 5.75. The molecule has 1 saturated heterocycles. The number of aliphatic carboxylic acids is 1. The first kappa shape index (κ1) is 11.9. The summed E-state index contributed by atoms with van der Waals surface area (Å²) in [6, 6.07) is 0. The largest absolute Gasteiger partial charge is 0.477 e. The first-order chi connectivity index (χ1) is 6.85. The number of hydrogen-bond acceptors (Lipinski definition) is 6. The van der Waals surface area contributed by atoms with Crippen LogP contribution in [0.15, 0.2) is 0 Å². The van der Waals surface area contributed by atoms with Crippen molar-refractivity contribution in [3.05, 3.63) is 0 Å². The van der Waals surface area contributed by atoms with Gasteiger partial charge in [0.05, 0.1) is 12.7 Å². The van der Waals surface area contributed by atoms with Crippen LogP contribution < -0.4 is 0 Å². The molecule has 1 unspecified atom stereocenters. The number of carboxylic acids is 1. The zero-order valence-electron chi connectivity index (χ0n) is 8.04. The Morgan fingerprint density at radius 3 is 2.53 bits per heavy atom. The van der Waals surface area contributed by atoms with Gasteiger partial charge in [-0.05, 0) is 0 Å². The third-order valence-electron chi connectivity index (χ3n) is 2.05. The van der Waals surface area contributed by atoms with Crippen molar-refractivity contribution in [2.45, 2.75) is 31.3 Å². The number of esters is 1. The van der Waals surface area contributed by atoms with Crippen molar-refractivity contribution >= 4 is 11.9 Å². The van der Waals surface area contributed by atoms with E-state index in [-0.39, 0.29) is 6.61 Å². The van der Waals surface area contributed by atoms with Crippen LogP contribution in [0.4, 0.5) is 0 Å².